The predicted octanol–water partition coefficient (Wildman–Crippen LogP) is 4.38. The molecule has 0 fully saturated rings. The topological polar surface area (TPSA) is 49.7 Å². The molecule has 4 nitrogen and oxygen atoms in total. The Hall–Kier alpha value is -1.76. The molecule has 0 atom stereocenters. The van der Waals surface area contributed by atoms with E-state index in [1.54, 1.807) is 24.4 Å². The molecule has 2 aromatic carbocycles. The fraction of sp³-hybridized carbons (Fsp3) is 0.167. The number of nitrogens with zero attached hydrogens (tertiary/aromatic N) is 2. The maximum absolute atomic E-state index is 12.2. The Morgan fingerprint density at radius 1 is 1.12 bits per heavy atom. The second-order valence-corrected chi connectivity index (χ2v) is 8.50. The van der Waals surface area contributed by atoms with Gasteiger partial charge in [-0.15, -0.1) is 0 Å². The summed E-state index contributed by atoms with van der Waals surface area (Å²) >= 11 is 3.46. The van der Waals surface area contributed by atoms with Gasteiger partial charge >= 0.3 is 0 Å². The predicted molar refractivity (Wildman–Crippen MR) is 104 cm³/mol. The van der Waals surface area contributed by atoms with Crippen LogP contribution in [0.1, 0.15) is 11.1 Å². The Kier molecular flexibility index (Phi) is 6.10. The van der Waals surface area contributed by atoms with Gasteiger partial charge in [-0.3, -0.25) is 4.99 Å². The maximum Gasteiger partial charge on any atom is 0.242 e. The van der Waals surface area contributed by atoms with E-state index in [2.05, 4.69) is 20.9 Å². The molecular formula is C18H19BrN2O2S. The van der Waals surface area contributed by atoms with Crippen molar-refractivity contribution in [2.45, 2.75) is 11.8 Å². The van der Waals surface area contributed by atoms with Crippen LogP contribution in [0, 0.1) is 6.92 Å². The molecule has 0 amide bonds. The van der Waals surface area contributed by atoms with E-state index < -0.39 is 10.0 Å². The molecule has 0 aromatic heterocycles. The van der Waals surface area contributed by atoms with Gasteiger partial charge < -0.3 is 0 Å². The number of aryl methyl sites for hydroxylation is 1. The van der Waals surface area contributed by atoms with Crippen LogP contribution in [0.3, 0.4) is 0 Å². The molecule has 0 aliphatic rings. The summed E-state index contributed by atoms with van der Waals surface area (Å²) in [4.78, 5) is 4.64. The zero-order valence-corrected chi connectivity index (χ0v) is 16.2. The van der Waals surface area contributed by atoms with Crippen LogP contribution >= 0.6 is 15.9 Å². The molecule has 126 valence electrons. The van der Waals surface area contributed by atoms with E-state index in [0.717, 1.165) is 15.6 Å². The average Bonchev–Trinajstić information content (AvgIpc) is 2.54. The standard InChI is InChI=1S/C18H19BrN2O2S/c1-14-9-10-17(24(22,23)21(2)3)12-18(14)20-13-16(19)11-15-7-5-4-6-8-15/h4-13H,1-3H3. The highest BCUT2D eigenvalue weighted by molar-refractivity contribution is 9.12. The summed E-state index contributed by atoms with van der Waals surface area (Å²) in [5.41, 5.74) is 2.58. The Balaban J connectivity index is 2.31. The second kappa shape index (κ2) is 7.88. The van der Waals surface area contributed by atoms with E-state index in [1.807, 2.05) is 43.3 Å². The minimum absolute atomic E-state index is 0.230. The summed E-state index contributed by atoms with van der Waals surface area (Å²) in [6.45, 7) is 1.90. The molecule has 24 heavy (non-hydrogen) atoms. The fourth-order valence-corrected chi connectivity index (χ4v) is 3.27. The summed E-state index contributed by atoms with van der Waals surface area (Å²) in [5.74, 6) is 0. The van der Waals surface area contributed by atoms with Crippen molar-refractivity contribution in [3.63, 3.8) is 0 Å². The molecule has 0 spiro atoms. The Morgan fingerprint density at radius 3 is 2.42 bits per heavy atom. The van der Waals surface area contributed by atoms with Crippen LogP contribution in [0.15, 0.2) is 62.9 Å². The van der Waals surface area contributed by atoms with Crippen molar-refractivity contribution in [2.75, 3.05) is 14.1 Å². The lowest BCUT2D eigenvalue weighted by Gasteiger charge is -2.12. The van der Waals surface area contributed by atoms with Gasteiger partial charge in [-0.1, -0.05) is 36.4 Å². The second-order valence-electron chi connectivity index (χ2n) is 5.43. The third-order valence-corrected chi connectivity index (χ3v) is 5.64. The van der Waals surface area contributed by atoms with E-state index in [1.165, 1.54) is 18.4 Å². The SMILES string of the molecule is Cc1ccc(S(=O)(=O)N(C)C)cc1N=CC(Br)=Cc1ccccc1. The Morgan fingerprint density at radius 2 is 1.79 bits per heavy atom. The van der Waals surface area contributed by atoms with Crippen molar-refractivity contribution in [2.24, 2.45) is 4.99 Å². The lowest BCUT2D eigenvalue weighted by atomic mass is 10.2. The monoisotopic (exact) mass is 406 g/mol. The number of hydrogen-bond donors (Lipinski definition) is 0. The average molecular weight is 407 g/mol. The number of sulfonamides is 1. The van der Waals surface area contributed by atoms with Gasteiger partial charge in [0.15, 0.2) is 0 Å². The number of rotatable bonds is 5. The highest BCUT2D eigenvalue weighted by Crippen LogP contribution is 2.24. The zero-order chi connectivity index (χ0) is 17.7. The van der Waals surface area contributed by atoms with E-state index in [9.17, 15) is 8.42 Å². The van der Waals surface area contributed by atoms with Gasteiger partial charge in [0.25, 0.3) is 0 Å². The molecule has 0 aliphatic heterocycles. The van der Waals surface area contributed by atoms with Crippen LogP contribution in [0.4, 0.5) is 5.69 Å². The van der Waals surface area contributed by atoms with E-state index in [-0.39, 0.29) is 4.90 Å². The van der Waals surface area contributed by atoms with Crippen LogP contribution in [0.25, 0.3) is 6.08 Å². The molecule has 2 aromatic rings. The van der Waals surface area contributed by atoms with Gasteiger partial charge in [0.1, 0.15) is 0 Å². The van der Waals surface area contributed by atoms with Crippen LogP contribution in [-0.2, 0) is 10.0 Å². The van der Waals surface area contributed by atoms with Crippen molar-refractivity contribution in [3.05, 3.63) is 64.1 Å². The van der Waals surface area contributed by atoms with Gasteiger partial charge in [0, 0.05) is 24.8 Å². The van der Waals surface area contributed by atoms with Gasteiger partial charge in [0.2, 0.25) is 10.0 Å². The normalized spacial score (nSPS) is 13.0. The maximum atomic E-state index is 12.2. The van der Waals surface area contributed by atoms with Crippen molar-refractivity contribution in [1.29, 1.82) is 0 Å². The summed E-state index contributed by atoms with van der Waals surface area (Å²) in [6, 6.07) is 14.8. The quantitative estimate of drug-likeness (QED) is 0.691. The van der Waals surface area contributed by atoms with Crippen molar-refractivity contribution in [3.8, 4) is 0 Å². The summed E-state index contributed by atoms with van der Waals surface area (Å²) in [6.07, 6.45) is 3.61. The lowest BCUT2D eigenvalue weighted by Crippen LogP contribution is -2.22. The molecule has 0 saturated heterocycles. The molecular weight excluding hydrogens is 388 g/mol. The molecule has 0 aliphatic carbocycles. The third-order valence-electron chi connectivity index (χ3n) is 3.39. The first-order valence-electron chi connectivity index (χ1n) is 7.30. The van der Waals surface area contributed by atoms with E-state index in [4.69, 9.17) is 0 Å². The summed E-state index contributed by atoms with van der Waals surface area (Å²) in [5, 5.41) is 0. The molecule has 0 N–H and O–H groups in total. The van der Waals surface area contributed by atoms with Gasteiger partial charge in [0.05, 0.1) is 10.6 Å². The molecule has 0 saturated carbocycles. The molecule has 6 heteroatoms. The number of benzene rings is 2. The van der Waals surface area contributed by atoms with E-state index in [0.29, 0.717) is 5.69 Å². The smallest absolute Gasteiger partial charge is 0.242 e. The summed E-state index contributed by atoms with van der Waals surface area (Å²) < 4.78 is 26.4. The van der Waals surface area contributed by atoms with Crippen molar-refractivity contribution in [1.82, 2.24) is 4.31 Å². The highest BCUT2D eigenvalue weighted by Gasteiger charge is 2.17. The largest absolute Gasteiger partial charge is 0.255 e. The van der Waals surface area contributed by atoms with Crippen molar-refractivity contribution >= 4 is 43.9 Å². The molecule has 0 radical (unpaired) electrons. The first-order chi connectivity index (χ1) is 11.3. The van der Waals surface area contributed by atoms with Crippen LogP contribution in [-0.4, -0.2) is 33.0 Å². The van der Waals surface area contributed by atoms with Crippen molar-refractivity contribution < 1.29 is 8.42 Å². The number of aliphatic imine (C=N–C) groups is 1. The number of allylic oxidation sites excluding steroid dienone is 1. The fourth-order valence-electron chi connectivity index (χ4n) is 1.98. The molecule has 0 bridgehead atoms. The number of halogens is 1. The van der Waals surface area contributed by atoms with E-state index >= 15 is 0 Å². The number of hydrogen-bond acceptors (Lipinski definition) is 3. The third kappa shape index (κ3) is 4.63. The minimum Gasteiger partial charge on any atom is -0.255 e. The van der Waals surface area contributed by atoms with Gasteiger partial charge in [-0.2, -0.15) is 0 Å². The first-order valence-corrected chi connectivity index (χ1v) is 9.53. The van der Waals surface area contributed by atoms with Crippen LogP contribution < -0.4 is 0 Å². The lowest BCUT2D eigenvalue weighted by molar-refractivity contribution is 0.521. The Bertz CT molecular complexity index is 873. The van der Waals surface area contributed by atoms with Gasteiger partial charge in [-0.05, 0) is 52.2 Å². The zero-order valence-electron chi connectivity index (χ0n) is 13.8. The van der Waals surface area contributed by atoms with Crippen LogP contribution in [0.2, 0.25) is 0 Å². The Labute approximate surface area is 151 Å². The molecule has 0 heterocycles. The summed E-state index contributed by atoms with van der Waals surface area (Å²) in [7, 11) is -0.448. The molecule has 0 unspecified atom stereocenters. The first kappa shape index (κ1) is 18.6. The van der Waals surface area contributed by atoms with Crippen LogP contribution in [0.5, 0.6) is 0 Å². The highest BCUT2D eigenvalue weighted by atomic mass is 79.9. The minimum atomic E-state index is -3.47. The molecule has 2 rings (SSSR count). The van der Waals surface area contributed by atoms with Gasteiger partial charge in [-0.25, -0.2) is 12.7 Å².